The summed E-state index contributed by atoms with van der Waals surface area (Å²) in [5, 5.41) is 4.09. The Morgan fingerprint density at radius 2 is 1.69 bits per heavy atom. The number of thiazole rings is 1. The molecule has 5 rings (SSSR count). The van der Waals surface area contributed by atoms with Crippen molar-refractivity contribution in [3.8, 4) is 21.7 Å². The number of amides is 1. The Hall–Kier alpha value is -3.59. The third-order valence-corrected chi connectivity index (χ3v) is 8.08. The van der Waals surface area contributed by atoms with Crippen molar-refractivity contribution in [2.24, 2.45) is 0 Å². The van der Waals surface area contributed by atoms with Crippen LogP contribution in [0.25, 0.3) is 31.9 Å². The summed E-state index contributed by atoms with van der Waals surface area (Å²) in [6.07, 6.45) is 1.09. The van der Waals surface area contributed by atoms with E-state index in [-0.39, 0.29) is 10.5 Å². The fourth-order valence-corrected chi connectivity index (χ4v) is 5.68. The first-order valence-corrected chi connectivity index (χ1v) is 13.8. The van der Waals surface area contributed by atoms with Gasteiger partial charge in [-0.2, -0.15) is 0 Å². The average Bonchev–Trinajstić information content (AvgIpc) is 3.29. The van der Waals surface area contributed by atoms with E-state index in [0.717, 1.165) is 21.5 Å². The van der Waals surface area contributed by atoms with Gasteiger partial charge in [0, 0.05) is 23.1 Å². The predicted molar refractivity (Wildman–Crippen MR) is 143 cm³/mol. The summed E-state index contributed by atoms with van der Waals surface area (Å²) in [4.78, 5) is 18.0. The van der Waals surface area contributed by atoms with Gasteiger partial charge in [-0.1, -0.05) is 35.9 Å². The van der Waals surface area contributed by atoms with E-state index in [1.165, 1.54) is 53.8 Å². The van der Waals surface area contributed by atoms with E-state index in [0.29, 0.717) is 27.4 Å². The monoisotopic (exact) mass is 536 g/mol. The molecule has 9 heteroatoms. The Morgan fingerprint density at radius 1 is 0.944 bits per heavy atom. The Bertz CT molecular complexity index is 1700. The van der Waals surface area contributed by atoms with Gasteiger partial charge in [0.2, 0.25) is 0 Å². The van der Waals surface area contributed by atoms with Crippen LogP contribution in [0.3, 0.4) is 0 Å². The minimum absolute atomic E-state index is 0.0583. The number of sulfone groups is 1. The van der Waals surface area contributed by atoms with Gasteiger partial charge in [0.05, 0.1) is 20.1 Å². The topological polar surface area (TPSA) is 76.1 Å². The predicted octanol–water partition coefficient (Wildman–Crippen LogP) is 7.08. The van der Waals surface area contributed by atoms with E-state index in [9.17, 15) is 17.6 Å². The van der Waals surface area contributed by atoms with Gasteiger partial charge in [0.15, 0.2) is 9.84 Å². The molecule has 0 fully saturated rings. The maximum absolute atomic E-state index is 13.5. The van der Waals surface area contributed by atoms with E-state index in [4.69, 9.17) is 11.6 Å². The number of rotatable bonds is 5. The first-order valence-electron chi connectivity index (χ1n) is 10.8. The maximum atomic E-state index is 13.5. The van der Waals surface area contributed by atoms with Crippen LogP contribution >= 0.6 is 22.9 Å². The molecule has 0 bridgehead atoms. The van der Waals surface area contributed by atoms with Crippen LogP contribution in [0.1, 0.15) is 10.4 Å². The molecule has 5 nitrogen and oxygen atoms in total. The van der Waals surface area contributed by atoms with Crippen molar-refractivity contribution in [2.75, 3.05) is 11.6 Å². The summed E-state index contributed by atoms with van der Waals surface area (Å²) in [6, 6.07) is 22.6. The van der Waals surface area contributed by atoms with E-state index in [1.54, 1.807) is 18.2 Å². The number of hydrogen-bond acceptors (Lipinski definition) is 5. The largest absolute Gasteiger partial charge is 0.322 e. The van der Waals surface area contributed by atoms with Crippen LogP contribution in [0, 0.1) is 5.82 Å². The van der Waals surface area contributed by atoms with E-state index < -0.39 is 21.6 Å². The molecular formula is C27H18ClFN2O3S2. The van der Waals surface area contributed by atoms with Gasteiger partial charge >= 0.3 is 0 Å². The number of halogens is 2. The smallest absolute Gasteiger partial charge is 0.256 e. The lowest BCUT2D eigenvalue weighted by Crippen LogP contribution is -2.14. The van der Waals surface area contributed by atoms with Crippen LogP contribution in [0.5, 0.6) is 0 Å². The molecule has 36 heavy (non-hydrogen) atoms. The van der Waals surface area contributed by atoms with Crippen molar-refractivity contribution in [1.29, 1.82) is 0 Å². The number of nitrogens with one attached hydrogen (secondary N) is 1. The zero-order valence-electron chi connectivity index (χ0n) is 18.8. The van der Waals surface area contributed by atoms with E-state index in [2.05, 4.69) is 10.3 Å². The van der Waals surface area contributed by atoms with Gasteiger partial charge in [0.1, 0.15) is 10.8 Å². The zero-order valence-corrected chi connectivity index (χ0v) is 21.2. The Balaban J connectivity index is 1.52. The van der Waals surface area contributed by atoms with Crippen molar-refractivity contribution in [1.82, 2.24) is 4.98 Å². The summed E-state index contributed by atoms with van der Waals surface area (Å²) in [7, 11) is -3.52. The standard InChI is InChI=1S/C27H18ClFN2O3S2/c1-36(33,34)19-11-12-20(21(15-19)16-6-8-17(29)9-7-16)26(32)30-18-10-13-23(28)22(14-18)27-31-24-4-2-3-5-25(24)35-27/h2-15H,1H3,(H,30,32). The molecule has 1 N–H and O–H groups in total. The lowest BCUT2D eigenvalue weighted by Gasteiger charge is -2.13. The normalized spacial score (nSPS) is 11.5. The van der Waals surface area contributed by atoms with E-state index in [1.807, 2.05) is 24.3 Å². The third kappa shape index (κ3) is 4.88. The van der Waals surface area contributed by atoms with Crippen molar-refractivity contribution in [2.45, 2.75) is 4.90 Å². The van der Waals surface area contributed by atoms with Crippen LogP contribution in [0.4, 0.5) is 10.1 Å². The molecular weight excluding hydrogens is 519 g/mol. The van der Waals surface area contributed by atoms with E-state index >= 15 is 0 Å². The number of carbonyl (C=O) groups excluding carboxylic acids is 1. The quantitative estimate of drug-likeness (QED) is 0.260. The molecule has 1 amide bonds. The molecule has 0 saturated heterocycles. The van der Waals surface area contributed by atoms with Crippen LogP contribution in [-0.2, 0) is 9.84 Å². The zero-order chi connectivity index (χ0) is 25.4. The fourth-order valence-electron chi connectivity index (χ4n) is 3.77. The molecule has 0 unspecified atom stereocenters. The van der Waals surface area contributed by atoms with Crippen LogP contribution in [0.2, 0.25) is 5.02 Å². The number of para-hydroxylation sites is 1. The van der Waals surface area contributed by atoms with Crippen molar-refractivity contribution in [3.05, 3.63) is 101 Å². The SMILES string of the molecule is CS(=O)(=O)c1ccc(C(=O)Nc2ccc(Cl)c(-c3nc4ccccc4s3)c2)c(-c2ccc(F)cc2)c1. The van der Waals surface area contributed by atoms with Gasteiger partial charge in [0.25, 0.3) is 5.91 Å². The third-order valence-electron chi connectivity index (χ3n) is 5.57. The number of anilines is 1. The lowest BCUT2D eigenvalue weighted by molar-refractivity contribution is 0.102. The molecule has 0 aliphatic rings. The molecule has 0 aliphatic carbocycles. The first kappa shape index (κ1) is 24.1. The summed E-state index contributed by atoms with van der Waals surface area (Å²) in [6.45, 7) is 0. The molecule has 0 aliphatic heterocycles. The second kappa shape index (κ2) is 9.46. The molecule has 1 heterocycles. The number of hydrogen-bond donors (Lipinski definition) is 1. The molecule has 180 valence electrons. The summed E-state index contributed by atoms with van der Waals surface area (Å²) >= 11 is 7.95. The van der Waals surface area contributed by atoms with Gasteiger partial charge in [-0.25, -0.2) is 17.8 Å². The second-order valence-electron chi connectivity index (χ2n) is 8.12. The maximum Gasteiger partial charge on any atom is 0.256 e. The van der Waals surface area contributed by atoms with Crippen LogP contribution in [-0.4, -0.2) is 25.6 Å². The molecule has 0 radical (unpaired) electrons. The highest BCUT2D eigenvalue weighted by Crippen LogP contribution is 2.36. The summed E-state index contributed by atoms with van der Waals surface area (Å²) in [5.74, 6) is -0.889. The molecule has 0 saturated carbocycles. The minimum Gasteiger partial charge on any atom is -0.322 e. The van der Waals surface area contributed by atoms with Gasteiger partial charge in [-0.3, -0.25) is 4.79 Å². The minimum atomic E-state index is -3.52. The highest BCUT2D eigenvalue weighted by Gasteiger charge is 2.18. The summed E-state index contributed by atoms with van der Waals surface area (Å²) < 4.78 is 38.8. The van der Waals surface area contributed by atoms with Crippen molar-refractivity contribution < 1.29 is 17.6 Å². The molecule has 0 atom stereocenters. The Morgan fingerprint density at radius 3 is 2.42 bits per heavy atom. The van der Waals surface area contributed by atoms with Crippen molar-refractivity contribution >= 4 is 54.6 Å². The highest BCUT2D eigenvalue weighted by atomic mass is 35.5. The number of fused-ring (bicyclic) bond motifs is 1. The molecule has 0 spiro atoms. The highest BCUT2D eigenvalue weighted by molar-refractivity contribution is 7.90. The average molecular weight is 537 g/mol. The van der Waals surface area contributed by atoms with Gasteiger partial charge in [-0.05, 0) is 71.8 Å². The molecule has 5 aromatic rings. The first-order chi connectivity index (χ1) is 17.2. The number of nitrogens with zero attached hydrogens (tertiary/aromatic N) is 1. The Kier molecular flexibility index (Phi) is 6.34. The summed E-state index contributed by atoms with van der Waals surface area (Å²) in [5.41, 5.74) is 3.16. The number of benzene rings is 4. The molecule has 4 aromatic carbocycles. The van der Waals surface area contributed by atoms with Gasteiger partial charge in [-0.15, -0.1) is 11.3 Å². The lowest BCUT2D eigenvalue weighted by atomic mass is 9.99. The van der Waals surface area contributed by atoms with Crippen molar-refractivity contribution in [3.63, 3.8) is 0 Å². The van der Waals surface area contributed by atoms with Gasteiger partial charge < -0.3 is 5.32 Å². The second-order valence-corrected chi connectivity index (χ2v) is 11.6. The molecule has 1 aromatic heterocycles. The van der Waals surface area contributed by atoms with Crippen LogP contribution < -0.4 is 5.32 Å². The van der Waals surface area contributed by atoms with Crippen LogP contribution in [0.15, 0.2) is 89.8 Å². The fraction of sp³-hybridized carbons (Fsp3) is 0.0370. The number of aromatic nitrogens is 1. The number of carbonyl (C=O) groups is 1. The Labute approximate surface area is 216 Å².